The standard InChI is InChI=1S/C9H19NO/c1-6(2)9-5-8(10)4-7(3)11-9/h6-9H,4-5,10H2,1-3H3/t7?,8-,9-/m1/s1. The zero-order chi connectivity index (χ0) is 8.43. The first kappa shape index (κ1) is 9.01. The molecule has 3 atom stereocenters. The third kappa shape index (κ3) is 2.46. The zero-order valence-corrected chi connectivity index (χ0v) is 7.71. The first-order chi connectivity index (χ1) is 5.09. The fourth-order valence-electron chi connectivity index (χ4n) is 1.66. The summed E-state index contributed by atoms with van der Waals surface area (Å²) in [5.41, 5.74) is 5.87. The molecule has 1 aliphatic heterocycles. The third-order valence-corrected chi connectivity index (χ3v) is 2.32. The molecule has 0 radical (unpaired) electrons. The lowest BCUT2D eigenvalue weighted by atomic mass is 9.93. The molecule has 2 heteroatoms. The molecule has 0 saturated carbocycles. The van der Waals surface area contributed by atoms with Crippen LogP contribution in [0.25, 0.3) is 0 Å². The van der Waals surface area contributed by atoms with Gasteiger partial charge in [-0.1, -0.05) is 13.8 Å². The van der Waals surface area contributed by atoms with E-state index >= 15 is 0 Å². The van der Waals surface area contributed by atoms with Gasteiger partial charge in [-0.2, -0.15) is 0 Å². The Morgan fingerprint density at radius 2 is 2.00 bits per heavy atom. The quantitative estimate of drug-likeness (QED) is 0.626. The lowest BCUT2D eigenvalue weighted by molar-refractivity contribution is -0.0680. The van der Waals surface area contributed by atoms with Gasteiger partial charge in [0.1, 0.15) is 0 Å². The lowest BCUT2D eigenvalue weighted by Gasteiger charge is -2.34. The molecular weight excluding hydrogens is 138 g/mol. The maximum atomic E-state index is 5.87. The van der Waals surface area contributed by atoms with Crippen molar-refractivity contribution in [2.24, 2.45) is 11.7 Å². The molecule has 11 heavy (non-hydrogen) atoms. The van der Waals surface area contributed by atoms with E-state index in [1.807, 2.05) is 0 Å². The van der Waals surface area contributed by atoms with Crippen molar-refractivity contribution in [3.05, 3.63) is 0 Å². The first-order valence-corrected chi connectivity index (χ1v) is 4.50. The summed E-state index contributed by atoms with van der Waals surface area (Å²) in [6.45, 7) is 6.49. The van der Waals surface area contributed by atoms with Crippen molar-refractivity contribution in [1.29, 1.82) is 0 Å². The molecule has 0 aromatic heterocycles. The van der Waals surface area contributed by atoms with Gasteiger partial charge < -0.3 is 10.5 Å². The van der Waals surface area contributed by atoms with Crippen molar-refractivity contribution in [2.45, 2.75) is 51.9 Å². The highest BCUT2D eigenvalue weighted by atomic mass is 16.5. The summed E-state index contributed by atoms with van der Waals surface area (Å²) in [5.74, 6) is 0.601. The predicted octanol–water partition coefficient (Wildman–Crippen LogP) is 1.54. The Morgan fingerprint density at radius 3 is 2.45 bits per heavy atom. The predicted molar refractivity (Wildman–Crippen MR) is 46.4 cm³/mol. The summed E-state index contributed by atoms with van der Waals surface area (Å²) in [5, 5.41) is 0. The molecular formula is C9H19NO. The van der Waals surface area contributed by atoms with Crippen LogP contribution in [-0.4, -0.2) is 18.2 Å². The second-order valence-corrected chi connectivity index (χ2v) is 3.96. The van der Waals surface area contributed by atoms with Crippen LogP contribution in [0.3, 0.4) is 0 Å². The Balaban J connectivity index is 2.43. The maximum Gasteiger partial charge on any atom is 0.0616 e. The molecule has 0 bridgehead atoms. The van der Waals surface area contributed by atoms with E-state index in [4.69, 9.17) is 10.5 Å². The Hall–Kier alpha value is -0.0800. The van der Waals surface area contributed by atoms with Gasteiger partial charge in [0.25, 0.3) is 0 Å². The molecule has 2 nitrogen and oxygen atoms in total. The minimum atomic E-state index is 0.353. The van der Waals surface area contributed by atoms with Crippen LogP contribution in [-0.2, 0) is 4.74 Å². The Bertz CT molecular complexity index is 115. The van der Waals surface area contributed by atoms with E-state index in [1.165, 1.54) is 0 Å². The molecule has 1 unspecified atom stereocenters. The summed E-state index contributed by atoms with van der Waals surface area (Å²) in [6.07, 6.45) is 2.78. The minimum absolute atomic E-state index is 0.353. The van der Waals surface area contributed by atoms with Crippen LogP contribution in [0.5, 0.6) is 0 Å². The summed E-state index contributed by atoms with van der Waals surface area (Å²) in [4.78, 5) is 0. The van der Waals surface area contributed by atoms with Crippen molar-refractivity contribution in [2.75, 3.05) is 0 Å². The lowest BCUT2D eigenvalue weighted by Crippen LogP contribution is -2.41. The monoisotopic (exact) mass is 157 g/mol. The van der Waals surface area contributed by atoms with Crippen molar-refractivity contribution >= 4 is 0 Å². The highest BCUT2D eigenvalue weighted by Gasteiger charge is 2.26. The number of hydrogen-bond acceptors (Lipinski definition) is 2. The van der Waals surface area contributed by atoms with Crippen molar-refractivity contribution in [3.8, 4) is 0 Å². The molecule has 1 saturated heterocycles. The molecule has 2 N–H and O–H groups in total. The topological polar surface area (TPSA) is 35.2 Å². The summed E-state index contributed by atoms with van der Waals surface area (Å²) in [6, 6.07) is 0.353. The number of rotatable bonds is 1. The van der Waals surface area contributed by atoms with E-state index in [1.54, 1.807) is 0 Å². The van der Waals surface area contributed by atoms with Crippen molar-refractivity contribution < 1.29 is 4.74 Å². The van der Waals surface area contributed by atoms with Gasteiger partial charge in [0.15, 0.2) is 0 Å². The fourth-order valence-corrected chi connectivity index (χ4v) is 1.66. The van der Waals surface area contributed by atoms with Crippen LogP contribution in [0.4, 0.5) is 0 Å². The smallest absolute Gasteiger partial charge is 0.0616 e. The molecule has 1 fully saturated rings. The number of nitrogens with two attached hydrogens (primary N) is 1. The normalized spacial score (nSPS) is 39.5. The molecule has 1 heterocycles. The highest BCUT2D eigenvalue weighted by Crippen LogP contribution is 2.22. The van der Waals surface area contributed by atoms with E-state index in [2.05, 4.69) is 20.8 Å². The Kier molecular flexibility index (Phi) is 2.90. The van der Waals surface area contributed by atoms with E-state index in [0.29, 0.717) is 24.2 Å². The van der Waals surface area contributed by atoms with E-state index < -0.39 is 0 Å². The van der Waals surface area contributed by atoms with Crippen LogP contribution in [0.2, 0.25) is 0 Å². The van der Waals surface area contributed by atoms with Crippen molar-refractivity contribution in [3.63, 3.8) is 0 Å². The minimum Gasteiger partial charge on any atom is -0.375 e. The average Bonchev–Trinajstić information content (AvgIpc) is 1.85. The Labute approximate surface area is 69.1 Å². The van der Waals surface area contributed by atoms with E-state index in [0.717, 1.165) is 12.8 Å². The third-order valence-electron chi connectivity index (χ3n) is 2.32. The molecule has 0 aromatic carbocycles. The molecule has 0 aromatic rings. The molecule has 0 amide bonds. The largest absolute Gasteiger partial charge is 0.375 e. The van der Waals surface area contributed by atoms with Gasteiger partial charge in [0, 0.05) is 6.04 Å². The van der Waals surface area contributed by atoms with Crippen LogP contribution in [0.15, 0.2) is 0 Å². The average molecular weight is 157 g/mol. The summed E-state index contributed by atoms with van der Waals surface area (Å²) >= 11 is 0. The van der Waals surface area contributed by atoms with Gasteiger partial charge in [-0.05, 0) is 25.7 Å². The van der Waals surface area contributed by atoms with Crippen LogP contribution in [0, 0.1) is 5.92 Å². The summed E-state index contributed by atoms with van der Waals surface area (Å²) in [7, 11) is 0. The second-order valence-electron chi connectivity index (χ2n) is 3.96. The zero-order valence-electron chi connectivity index (χ0n) is 7.71. The highest BCUT2D eigenvalue weighted by molar-refractivity contribution is 4.79. The first-order valence-electron chi connectivity index (χ1n) is 4.50. The molecule has 1 aliphatic rings. The fraction of sp³-hybridized carbons (Fsp3) is 1.00. The van der Waals surface area contributed by atoms with Gasteiger partial charge in [0.05, 0.1) is 12.2 Å². The van der Waals surface area contributed by atoms with E-state index in [9.17, 15) is 0 Å². The van der Waals surface area contributed by atoms with Gasteiger partial charge in [-0.15, -0.1) is 0 Å². The molecule has 1 rings (SSSR count). The molecule has 0 aliphatic carbocycles. The Morgan fingerprint density at radius 1 is 1.36 bits per heavy atom. The molecule has 0 spiro atoms. The van der Waals surface area contributed by atoms with Gasteiger partial charge in [-0.25, -0.2) is 0 Å². The SMILES string of the molecule is CC1C[C@@H](N)C[C@H](C(C)C)O1. The van der Waals surface area contributed by atoms with Gasteiger partial charge >= 0.3 is 0 Å². The number of ether oxygens (including phenoxy) is 1. The van der Waals surface area contributed by atoms with Gasteiger partial charge in [0.2, 0.25) is 0 Å². The van der Waals surface area contributed by atoms with Crippen LogP contribution >= 0.6 is 0 Å². The van der Waals surface area contributed by atoms with Crippen molar-refractivity contribution in [1.82, 2.24) is 0 Å². The van der Waals surface area contributed by atoms with Crippen LogP contribution in [0.1, 0.15) is 33.6 Å². The van der Waals surface area contributed by atoms with E-state index in [-0.39, 0.29) is 0 Å². The molecule has 66 valence electrons. The summed E-state index contributed by atoms with van der Waals surface area (Å²) < 4.78 is 5.74. The maximum absolute atomic E-state index is 5.87. The second kappa shape index (κ2) is 3.55. The van der Waals surface area contributed by atoms with Crippen LogP contribution < -0.4 is 5.73 Å². The van der Waals surface area contributed by atoms with Gasteiger partial charge in [-0.3, -0.25) is 0 Å². The number of hydrogen-bond donors (Lipinski definition) is 1.